The van der Waals surface area contributed by atoms with Crippen molar-refractivity contribution in [2.75, 3.05) is 13.7 Å². The lowest BCUT2D eigenvalue weighted by Crippen LogP contribution is -2.17. The van der Waals surface area contributed by atoms with Crippen LogP contribution >= 0.6 is 0 Å². The molecule has 0 aromatic heterocycles. The van der Waals surface area contributed by atoms with Crippen LogP contribution in [0.25, 0.3) is 0 Å². The lowest BCUT2D eigenvalue weighted by molar-refractivity contribution is -0.138. The summed E-state index contributed by atoms with van der Waals surface area (Å²) in [6.07, 6.45) is 9.71. The molecule has 0 atom stereocenters. The molecule has 0 spiro atoms. The zero-order chi connectivity index (χ0) is 14.8. The Morgan fingerprint density at radius 1 is 1.50 bits per heavy atom. The lowest BCUT2D eigenvalue weighted by Gasteiger charge is -2.03. The van der Waals surface area contributed by atoms with Gasteiger partial charge in [-0.25, -0.2) is 9.59 Å². The maximum absolute atomic E-state index is 11.8. The average Bonchev–Trinajstić information content (AvgIpc) is 2.47. The summed E-state index contributed by atoms with van der Waals surface area (Å²) in [4.78, 5) is 22.7. The van der Waals surface area contributed by atoms with Crippen LogP contribution in [0.1, 0.15) is 6.42 Å². The van der Waals surface area contributed by atoms with Crippen molar-refractivity contribution in [1.82, 2.24) is 0 Å². The highest BCUT2D eigenvalue weighted by atomic mass is 16.5. The number of hydrogen-bond acceptors (Lipinski definition) is 6. The maximum Gasteiger partial charge on any atom is 0.398 e. The van der Waals surface area contributed by atoms with Crippen molar-refractivity contribution in [3.05, 3.63) is 42.9 Å². The number of hydrogen-bond donors (Lipinski definition) is 0. The number of nitrogens with zero attached hydrogens (tertiary/aromatic N) is 2. The Bertz CT molecular complexity index is 501. The van der Waals surface area contributed by atoms with Gasteiger partial charge in [-0.1, -0.05) is 6.08 Å². The predicted molar refractivity (Wildman–Crippen MR) is 75.2 cm³/mol. The molecule has 0 saturated heterocycles. The van der Waals surface area contributed by atoms with Crippen LogP contribution in [0.2, 0.25) is 0 Å². The number of carbonyl (C=O) groups excluding carboxylic acids is 2. The van der Waals surface area contributed by atoms with Crippen LogP contribution in [-0.2, 0) is 19.1 Å². The van der Waals surface area contributed by atoms with Gasteiger partial charge in [0.15, 0.2) is 5.57 Å². The molecule has 1 rings (SSSR count). The van der Waals surface area contributed by atoms with Gasteiger partial charge in [-0.05, 0) is 6.42 Å². The summed E-state index contributed by atoms with van der Waals surface area (Å²) < 4.78 is 9.43. The minimum atomic E-state index is -0.625. The molecule has 1 aliphatic carbocycles. The van der Waals surface area contributed by atoms with Gasteiger partial charge in [0.1, 0.15) is 6.21 Å². The van der Waals surface area contributed by atoms with E-state index in [1.807, 2.05) is 0 Å². The molecule has 0 N–H and O–H groups in total. The van der Waals surface area contributed by atoms with Crippen molar-refractivity contribution in [2.45, 2.75) is 6.42 Å². The Hall–Kier alpha value is -2.63. The Labute approximate surface area is 117 Å². The molecule has 0 saturated carbocycles. The van der Waals surface area contributed by atoms with Crippen molar-refractivity contribution in [1.29, 1.82) is 0 Å². The first-order valence-electron chi connectivity index (χ1n) is 5.88. The van der Waals surface area contributed by atoms with E-state index in [0.29, 0.717) is 12.1 Å². The summed E-state index contributed by atoms with van der Waals surface area (Å²) in [6.45, 7) is 3.79. The van der Waals surface area contributed by atoms with Gasteiger partial charge in [-0.2, -0.15) is 0 Å². The Balaban J connectivity index is 2.72. The monoisotopic (exact) mass is 275 g/mol. The van der Waals surface area contributed by atoms with Gasteiger partial charge in [-0.15, -0.1) is 16.8 Å². The fraction of sp³-hybridized carbons (Fsp3) is 0.214. The van der Waals surface area contributed by atoms with Crippen molar-refractivity contribution in [3.8, 4) is 0 Å². The van der Waals surface area contributed by atoms with Crippen LogP contribution in [0.3, 0.4) is 0 Å². The van der Waals surface area contributed by atoms with Crippen molar-refractivity contribution < 1.29 is 19.1 Å². The number of allylic oxidation sites excluding steroid dienone is 3. The van der Waals surface area contributed by atoms with Gasteiger partial charge < -0.3 is 9.47 Å². The Morgan fingerprint density at radius 3 is 3.00 bits per heavy atom. The smallest absolute Gasteiger partial charge is 0.398 e. The topological polar surface area (TPSA) is 77.3 Å². The molecule has 0 amide bonds. The quantitative estimate of drug-likeness (QED) is 0.183. The molecule has 0 unspecified atom stereocenters. The summed E-state index contributed by atoms with van der Waals surface area (Å²) in [5.41, 5.74) is 0.592. The summed E-state index contributed by atoms with van der Waals surface area (Å²) in [5, 5.41) is 7.34. The summed E-state index contributed by atoms with van der Waals surface area (Å²) >= 11 is 0. The average molecular weight is 275 g/mol. The van der Waals surface area contributed by atoms with Crippen LogP contribution in [0, 0.1) is 6.42 Å². The van der Waals surface area contributed by atoms with Gasteiger partial charge >= 0.3 is 11.9 Å². The Kier molecular flexibility index (Phi) is 6.53. The normalized spacial score (nSPS) is 15.7. The summed E-state index contributed by atoms with van der Waals surface area (Å²) in [6, 6.07) is 0. The zero-order valence-corrected chi connectivity index (χ0v) is 11.1. The minimum Gasteiger partial charge on any atom is -0.465 e. The second-order valence-corrected chi connectivity index (χ2v) is 3.60. The maximum atomic E-state index is 11.8. The molecule has 6 nitrogen and oxygen atoms in total. The summed E-state index contributed by atoms with van der Waals surface area (Å²) in [5.74, 6) is -1.13. The highest BCUT2D eigenvalue weighted by Gasteiger charge is 2.25. The van der Waals surface area contributed by atoms with Crippen LogP contribution < -0.4 is 0 Å². The first-order chi connectivity index (χ1) is 9.69. The van der Waals surface area contributed by atoms with Crippen LogP contribution in [0.4, 0.5) is 0 Å². The highest BCUT2D eigenvalue weighted by molar-refractivity contribution is 6.26. The fourth-order valence-electron chi connectivity index (χ4n) is 1.24. The molecule has 104 valence electrons. The summed E-state index contributed by atoms with van der Waals surface area (Å²) in [7, 11) is 1.24. The van der Waals surface area contributed by atoms with Crippen LogP contribution in [0.5, 0.6) is 0 Å². The fourth-order valence-corrected chi connectivity index (χ4v) is 1.24. The number of esters is 2. The molecule has 0 aromatic carbocycles. The molecule has 1 aliphatic rings. The molecule has 0 aromatic rings. The Morgan fingerprint density at radius 2 is 2.30 bits per heavy atom. The zero-order valence-electron chi connectivity index (χ0n) is 11.1. The minimum absolute atomic E-state index is 0.252. The molecular formula is C14H15N2O4+. The van der Waals surface area contributed by atoms with Gasteiger partial charge in [-0.3, -0.25) is 0 Å². The van der Waals surface area contributed by atoms with Crippen LogP contribution in [-0.4, -0.2) is 37.6 Å². The van der Waals surface area contributed by atoms with E-state index in [1.54, 1.807) is 30.7 Å². The largest absolute Gasteiger partial charge is 0.465 e. The van der Waals surface area contributed by atoms with Crippen molar-refractivity contribution in [2.24, 2.45) is 10.2 Å². The van der Waals surface area contributed by atoms with Gasteiger partial charge in [0, 0.05) is 6.42 Å². The van der Waals surface area contributed by atoms with E-state index in [4.69, 9.17) is 4.74 Å². The number of rotatable bonds is 6. The van der Waals surface area contributed by atoms with Gasteiger partial charge in [0.25, 0.3) is 0 Å². The van der Waals surface area contributed by atoms with E-state index >= 15 is 0 Å². The third kappa shape index (κ3) is 4.93. The molecule has 20 heavy (non-hydrogen) atoms. The van der Waals surface area contributed by atoms with Crippen molar-refractivity contribution in [3.63, 3.8) is 0 Å². The molecule has 0 aliphatic heterocycles. The number of ether oxygens (including phenoxy) is 2. The van der Waals surface area contributed by atoms with Crippen LogP contribution in [0.15, 0.2) is 46.7 Å². The van der Waals surface area contributed by atoms with Gasteiger partial charge in [0.05, 0.1) is 31.9 Å². The van der Waals surface area contributed by atoms with E-state index in [-0.39, 0.29) is 12.2 Å². The number of methoxy groups -OCH3 is 1. The first kappa shape index (κ1) is 15.4. The first-order valence-corrected chi connectivity index (χ1v) is 5.88. The SMILES string of the molecule is C=CCCOC(=O)C1=C[CH+]C=C/C1=N\N=C\C(=O)OC. The van der Waals surface area contributed by atoms with E-state index in [0.717, 1.165) is 6.21 Å². The third-order valence-electron chi connectivity index (χ3n) is 2.21. The van der Waals surface area contributed by atoms with E-state index < -0.39 is 11.9 Å². The van der Waals surface area contributed by atoms with Crippen molar-refractivity contribution >= 4 is 23.9 Å². The molecule has 0 heterocycles. The second-order valence-electron chi connectivity index (χ2n) is 3.60. The molecular weight excluding hydrogens is 260 g/mol. The molecule has 6 heteroatoms. The van der Waals surface area contributed by atoms with Gasteiger partial charge in [0.2, 0.25) is 5.71 Å². The van der Waals surface area contributed by atoms with E-state index in [1.165, 1.54) is 7.11 Å². The van der Waals surface area contributed by atoms with E-state index in [2.05, 4.69) is 21.5 Å². The number of carbonyl (C=O) groups is 2. The predicted octanol–water partition coefficient (Wildman–Crippen LogP) is 1.41. The molecule has 0 radical (unpaired) electrons. The van der Waals surface area contributed by atoms with E-state index in [9.17, 15) is 9.59 Å². The second kappa shape index (κ2) is 8.47. The molecule has 0 fully saturated rings. The standard InChI is InChI=1S/C14H15N2O4/c1-3-4-9-20-14(18)11-7-5-6-8-12(11)16-15-10-13(17)19-2/h3,5-8,10H,1,4,9H2,2H3/q+1/b15-10+,16-12+. The lowest BCUT2D eigenvalue weighted by atomic mass is 10.0. The highest BCUT2D eigenvalue weighted by Crippen LogP contribution is 2.11. The third-order valence-corrected chi connectivity index (χ3v) is 2.21. The molecule has 0 bridgehead atoms.